The van der Waals surface area contributed by atoms with Crippen LogP contribution in [0, 0.1) is 18.3 Å². The van der Waals surface area contributed by atoms with E-state index in [4.69, 9.17) is 18.9 Å². The summed E-state index contributed by atoms with van der Waals surface area (Å²) in [6.07, 6.45) is 1.72. The van der Waals surface area contributed by atoms with Crippen LogP contribution in [-0.4, -0.2) is 27.3 Å². The summed E-state index contributed by atoms with van der Waals surface area (Å²) >= 11 is 0. The molecule has 0 N–H and O–H groups in total. The molecular weight excluding hydrogens is 406 g/mol. The van der Waals surface area contributed by atoms with Crippen LogP contribution in [0.5, 0.6) is 23.0 Å². The average molecular weight is 429 g/mol. The topological polar surface area (TPSA) is 77.8 Å². The molecule has 0 aliphatic rings. The van der Waals surface area contributed by atoms with E-state index in [0.717, 1.165) is 5.56 Å². The second-order valence-electron chi connectivity index (χ2n) is 6.85. The normalized spacial score (nSPS) is 10.8. The minimum atomic E-state index is -0.465. The Kier molecular flexibility index (Phi) is 7.14. The molecule has 0 saturated heterocycles. The number of hydrogen-bond acceptors (Lipinski definition) is 6. The van der Waals surface area contributed by atoms with E-state index in [-0.39, 0.29) is 0 Å². The minimum Gasteiger partial charge on any atom is -0.493 e. The summed E-state index contributed by atoms with van der Waals surface area (Å²) < 4.78 is 21.5. The Balaban J connectivity index is 1.91. The highest BCUT2D eigenvalue weighted by molar-refractivity contribution is 5.93. The lowest BCUT2D eigenvalue weighted by atomic mass is 10.0. The number of carbonyl (C=O) groups excluding carboxylic acids is 1. The molecule has 0 unspecified atom stereocenters. The molecule has 0 aromatic heterocycles. The number of methoxy groups -OCH3 is 3. The van der Waals surface area contributed by atoms with Crippen molar-refractivity contribution in [2.75, 3.05) is 21.3 Å². The van der Waals surface area contributed by atoms with Crippen LogP contribution < -0.4 is 18.9 Å². The lowest BCUT2D eigenvalue weighted by Gasteiger charge is -2.11. The first-order valence-corrected chi connectivity index (χ1v) is 9.80. The van der Waals surface area contributed by atoms with Gasteiger partial charge in [0.05, 0.1) is 38.5 Å². The van der Waals surface area contributed by atoms with Gasteiger partial charge in [0.25, 0.3) is 0 Å². The molecule has 6 nitrogen and oxygen atoms in total. The van der Waals surface area contributed by atoms with Gasteiger partial charge in [0.15, 0.2) is 23.0 Å². The van der Waals surface area contributed by atoms with Crippen molar-refractivity contribution >= 4 is 17.6 Å². The highest BCUT2D eigenvalue weighted by Gasteiger charge is 2.15. The molecule has 0 saturated carbocycles. The lowest BCUT2D eigenvalue weighted by molar-refractivity contribution is 0.0729. The third-order valence-electron chi connectivity index (χ3n) is 4.88. The van der Waals surface area contributed by atoms with E-state index in [1.165, 1.54) is 7.11 Å². The fraction of sp³-hybridized carbons (Fsp3) is 0.154. The zero-order valence-corrected chi connectivity index (χ0v) is 18.3. The Hall–Kier alpha value is -4.24. The van der Waals surface area contributed by atoms with E-state index in [0.29, 0.717) is 45.3 Å². The number of allylic oxidation sites excluding steroid dienone is 1. The van der Waals surface area contributed by atoms with Crippen molar-refractivity contribution < 1.29 is 23.7 Å². The maximum Gasteiger partial charge on any atom is 0.343 e. The van der Waals surface area contributed by atoms with E-state index in [9.17, 15) is 10.1 Å². The number of carbonyl (C=O) groups is 1. The van der Waals surface area contributed by atoms with Gasteiger partial charge < -0.3 is 18.9 Å². The van der Waals surface area contributed by atoms with Gasteiger partial charge in [0.1, 0.15) is 0 Å². The summed E-state index contributed by atoms with van der Waals surface area (Å²) in [7, 11) is 4.59. The summed E-state index contributed by atoms with van der Waals surface area (Å²) in [5.74, 6) is 1.32. The van der Waals surface area contributed by atoms with Crippen LogP contribution in [0.4, 0.5) is 0 Å². The van der Waals surface area contributed by atoms with E-state index in [2.05, 4.69) is 6.07 Å². The highest BCUT2D eigenvalue weighted by Crippen LogP contribution is 2.33. The summed E-state index contributed by atoms with van der Waals surface area (Å²) in [6.45, 7) is 1.85. The van der Waals surface area contributed by atoms with Gasteiger partial charge in [-0.2, -0.15) is 5.26 Å². The molecule has 0 heterocycles. The number of aryl methyl sites for hydroxylation is 1. The molecule has 0 fully saturated rings. The van der Waals surface area contributed by atoms with Crippen molar-refractivity contribution in [2.24, 2.45) is 0 Å². The number of ether oxygens (including phenoxy) is 4. The standard InChI is InChI=1S/C26H23NO5/c1-17-7-5-6-8-21(17)26(28)32-23-11-9-18(14-24(23)30-3)13-20(16-27)19-10-12-22(29-2)25(15-19)31-4/h5-15H,1-4H3/b20-13-. The third kappa shape index (κ3) is 4.90. The maximum absolute atomic E-state index is 12.6. The Morgan fingerprint density at radius 2 is 1.50 bits per heavy atom. The molecule has 3 aromatic carbocycles. The van der Waals surface area contributed by atoms with E-state index in [1.807, 2.05) is 19.1 Å². The van der Waals surface area contributed by atoms with E-state index < -0.39 is 5.97 Å². The van der Waals surface area contributed by atoms with Crippen molar-refractivity contribution in [1.29, 1.82) is 5.26 Å². The second-order valence-corrected chi connectivity index (χ2v) is 6.85. The number of rotatable bonds is 7. The van der Waals surface area contributed by atoms with Gasteiger partial charge in [0, 0.05) is 0 Å². The Bertz CT molecular complexity index is 1210. The third-order valence-corrected chi connectivity index (χ3v) is 4.88. The van der Waals surface area contributed by atoms with Crippen molar-refractivity contribution in [3.8, 4) is 29.1 Å². The predicted molar refractivity (Wildman–Crippen MR) is 122 cm³/mol. The largest absolute Gasteiger partial charge is 0.493 e. The number of hydrogen-bond donors (Lipinski definition) is 0. The first kappa shape index (κ1) is 22.4. The SMILES string of the molecule is COc1ccc(/C(C#N)=C\c2ccc(OC(=O)c3ccccc3C)c(OC)c2)cc1OC. The number of nitrogens with zero attached hydrogens (tertiary/aromatic N) is 1. The fourth-order valence-electron chi connectivity index (χ4n) is 3.17. The summed E-state index contributed by atoms with van der Waals surface area (Å²) in [4.78, 5) is 12.6. The van der Waals surface area contributed by atoms with Gasteiger partial charge in [-0.05, 0) is 66.1 Å². The minimum absolute atomic E-state index is 0.294. The number of esters is 1. The molecule has 3 rings (SSSR count). The fourth-order valence-corrected chi connectivity index (χ4v) is 3.17. The summed E-state index contributed by atoms with van der Waals surface area (Å²) in [5.41, 5.74) is 3.13. The van der Waals surface area contributed by atoms with Gasteiger partial charge in [-0.3, -0.25) is 0 Å². The molecule has 32 heavy (non-hydrogen) atoms. The molecule has 6 heteroatoms. The predicted octanol–water partition coefficient (Wildman–Crippen LogP) is 5.30. The van der Waals surface area contributed by atoms with Crippen LogP contribution in [0.2, 0.25) is 0 Å². The first-order valence-electron chi connectivity index (χ1n) is 9.80. The van der Waals surface area contributed by atoms with E-state index >= 15 is 0 Å². The van der Waals surface area contributed by atoms with Gasteiger partial charge in [-0.25, -0.2) is 4.79 Å². The molecule has 0 aliphatic heterocycles. The lowest BCUT2D eigenvalue weighted by Crippen LogP contribution is -2.10. The van der Waals surface area contributed by atoms with Gasteiger partial charge >= 0.3 is 5.97 Å². The molecule has 0 aliphatic carbocycles. The molecule has 0 spiro atoms. The molecular formula is C26H23NO5. The van der Waals surface area contributed by atoms with Gasteiger partial charge in [-0.1, -0.05) is 24.3 Å². The zero-order valence-electron chi connectivity index (χ0n) is 18.3. The molecule has 3 aromatic rings. The molecule has 0 amide bonds. The van der Waals surface area contributed by atoms with Crippen LogP contribution in [0.15, 0.2) is 60.7 Å². The van der Waals surface area contributed by atoms with Crippen LogP contribution in [0.3, 0.4) is 0 Å². The van der Waals surface area contributed by atoms with Crippen LogP contribution in [-0.2, 0) is 0 Å². The monoisotopic (exact) mass is 429 g/mol. The Labute approximate surface area is 187 Å². The van der Waals surface area contributed by atoms with Crippen LogP contribution >= 0.6 is 0 Å². The van der Waals surface area contributed by atoms with Crippen molar-refractivity contribution in [1.82, 2.24) is 0 Å². The van der Waals surface area contributed by atoms with Crippen molar-refractivity contribution in [3.05, 3.63) is 82.9 Å². The first-order chi connectivity index (χ1) is 15.5. The highest BCUT2D eigenvalue weighted by atomic mass is 16.6. The summed E-state index contributed by atoms with van der Waals surface area (Å²) in [6, 6.07) is 19.8. The molecule has 0 atom stereocenters. The summed E-state index contributed by atoms with van der Waals surface area (Å²) in [5, 5.41) is 9.69. The van der Waals surface area contributed by atoms with Crippen LogP contribution in [0.25, 0.3) is 11.6 Å². The number of nitriles is 1. The Morgan fingerprint density at radius 3 is 2.16 bits per heavy atom. The second kappa shape index (κ2) is 10.2. The maximum atomic E-state index is 12.6. The van der Waals surface area contributed by atoms with E-state index in [1.54, 1.807) is 68.8 Å². The number of benzene rings is 3. The molecule has 0 bridgehead atoms. The Morgan fingerprint density at radius 1 is 0.844 bits per heavy atom. The smallest absolute Gasteiger partial charge is 0.343 e. The zero-order chi connectivity index (χ0) is 23.1. The molecule has 162 valence electrons. The van der Waals surface area contributed by atoms with Gasteiger partial charge in [-0.15, -0.1) is 0 Å². The molecule has 0 radical (unpaired) electrons. The average Bonchev–Trinajstić information content (AvgIpc) is 2.82. The van der Waals surface area contributed by atoms with Crippen molar-refractivity contribution in [3.63, 3.8) is 0 Å². The quantitative estimate of drug-likeness (QED) is 0.219. The van der Waals surface area contributed by atoms with Gasteiger partial charge in [0.2, 0.25) is 0 Å². The van der Waals surface area contributed by atoms with Crippen LogP contribution in [0.1, 0.15) is 27.0 Å². The van der Waals surface area contributed by atoms with Crippen molar-refractivity contribution in [2.45, 2.75) is 6.92 Å².